The van der Waals surface area contributed by atoms with E-state index in [0.29, 0.717) is 11.5 Å². The van der Waals surface area contributed by atoms with Crippen LogP contribution in [0.3, 0.4) is 0 Å². The Morgan fingerprint density at radius 2 is 2.05 bits per heavy atom. The fourth-order valence-electron chi connectivity index (χ4n) is 1.74. The van der Waals surface area contributed by atoms with E-state index in [-0.39, 0.29) is 6.42 Å². The van der Waals surface area contributed by atoms with Crippen LogP contribution in [0.2, 0.25) is 0 Å². The summed E-state index contributed by atoms with van der Waals surface area (Å²) in [6.45, 7) is 0. The number of allylic oxidation sites excluding steroid dienone is 2. The number of carboxylic acids is 1. The lowest BCUT2D eigenvalue weighted by atomic mass is 10.1. The minimum absolute atomic E-state index is 0.273. The largest absolute Gasteiger partial charge is 0.481 e. The van der Waals surface area contributed by atoms with Gasteiger partial charge in [-0.2, -0.15) is 0 Å². The Hall–Kier alpha value is -2.15. The molecule has 0 fully saturated rings. The molecule has 0 bridgehead atoms. The number of furan rings is 1. The van der Waals surface area contributed by atoms with Gasteiger partial charge < -0.3 is 15.3 Å². The van der Waals surface area contributed by atoms with Gasteiger partial charge in [0.05, 0.1) is 12.0 Å². The van der Waals surface area contributed by atoms with Gasteiger partial charge in [0.25, 0.3) is 0 Å². The average Bonchev–Trinajstić information content (AvgIpc) is 2.92. The predicted octanol–water partition coefficient (Wildman–Crippen LogP) is 3.29. The van der Waals surface area contributed by atoms with Crippen LogP contribution in [0.1, 0.15) is 50.7 Å². The zero-order valence-corrected chi connectivity index (χ0v) is 11.6. The molecular weight excluding hydrogens is 254 g/mol. The van der Waals surface area contributed by atoms with Gasteiger partial charge in [-0.1, -0.05) is 25.3 Å². The van der Waals surface area contributed by atoms with Gasteiger partial charge in [-0.25, -0.2) is 0 Å². The van der Waals surface area contributed by atoms with Crippen LogP contribution >= 0.6 is 0 Å². The second kappa shape index (κ2) is 9.74. The molecule has 0 radical (unpaired) electrons. The molecule has 4 heteroatoms. The minimum atomic E-state index is -0.712. The summed E-state index contributed by atoms with van der Waals surface area (Å²) in [6, 6.07) is 3.58. The van der Waals surface area contributed by atoms with E-state index in [0.717, 1.165) is 38.5 Å². The normalized spacial score (nSPS) is 10.9. The second-order valence-electron chi connectivity index (χ2n) is 4.59. The number of unbranched alkanes of at least 4 members (excludes halogenated alkanes) is 5. The first-order chi connectivity index (χ1) is 9.68. The lowest BCUT2D eigenvalue weighted by molar-refractivity contribution is -0.137. The molecule has 0 aliphatic heterocycles. The molecule has 0 spiro atoms. The van der Waals surface area contributed by atoms with Crippen molar-refractivity contribution in [1.29, 1.82) is 0 Å². The Morgan fingerprint density at radius 1 is 1.30 bits per heavy atom. The summed E-state index contributed by atoms with van der Waals surface area (Å²) in [5, 5.41) is 8.49. The fraction of sp³-hybridized carbons (Fsp3) is 0.438. The molecule has 1 aromatic heterocycles. The Bertz CT molecular complexity index is 478. The van der Waals surface area contributed by atoms with E-state index in [1.54, 1.807) is 18.4 Å². The van der Waals surface area contributed by atoms with Crippen LogP contribution in [-0.4, -0.2) is 11.1 Å². The van der Waals surface area contributed by atoms with E-state index in [1.807, 2.05) is 6.08 Å². The maximum atomic E-state index is 10.3. The van der Waals surface area contributed by atoms with Crippen molar-refractivity contribution in [3.8, 4) is 11.8 Å². The van der Waals surface area contributed by atoms with Crippen LogP contribution in [0.4, 0.5) is 0 Å². The summed E-state index contributed by atoms with van der Waals surface area (Å²) in [7, 11) is 0. The molecule has 0 aliphatic rings. The highest BCUT2D eigenvalue weighted by atomic mass is 16.4. The van der Waals surface area contributed by atoms with Gasteiger partial charge in [0.1, 0.15) is 0 Å². The molecule has 1 heterocycles. The monoisotopic (exact) mass is 275 g/mol. The maximum Gasteiger partial charge on any atom is 0.303 e. The maximum absolute atomic E-state index is 10.3. The topological polar surface area (TPSA) is 76.5 Å². The van der Waals surface area contributed by atoms with Crippen molar-refractivity contribution in [2.45, 2.75) is 44.9 Å². The standard InChI is InChI=1S/C16H21NO3/c17-14(11-12-15-9-7-13-20-15)8-5-3-1-2-4-6-10-16(18)19/h7-9,13H,1-6,10,17H2,(H,18,19)/b14-8+. The summed E-state index contributed by atoms with van der Waals surface area (Å²) in [6.07, 6.45) is 9.63. The van der Waals surface area contributed by atoms with Crippen molar-refractivity contribution in [2.24, 2.45) is 5.73 Å². The first-order valence-corrected chi connectivity index (χ1v) is 6.91. The lowest BCUT2D eigenvalue weighted by Gasteiger charge is -1.98. The third-order valence-corrected chi connectivity index (χ3v) is 2.81. The molecule has 1 rings (SSSR count). The summed E-state index contributed by atoms with van der Waals surface area (Å²) in [5.74, 6) is 5.58. The Kier molecular flexibility index (Phi) is 7.74. The van der Waals surface area contributed by atoms with E-state index in [1.165, 1.54) is 0 Å². The molecule has 108 valence electrons. The number of aliphatic carboxylic acids is 1. The number of carbonyl (C=O) groups is 1. The van der Waals surface area contributed by atoms with Crippen LogP contribution in [0.25, 0.3) is 0 Å². The van der Waals surface area contributed by atoms with Gasteiger partial charge in [-0.05, 0) is 43.2 Å². The van der Waals surface area contributed by atoms with E-state index in [2.05, 4.69) is 11.8 Å². The average molecular weight is 275 g/mol. The molecule has 0 aliphatic carbocycles. The molecule has 0 atom stereocenters. The van der Waals surface area contributed by atoms with Crippen LogP contribution in [0.5, 0.6) is 0 Å². The van der Waals surface area contributed by atoms with Crippen molar-refractivity contribution in [1.82, 2.24) is 0 Å². The first-order valence-electron chi connectivity index (χ1n) is 6.91. The third kappa shape index (κ3) is 8.04. The zero-order chi connectivity index (χ0) is 14.6. The zero-order valence-electron chi connectivity index (χ0n) is 11.6. The SMILES string of the molecule is N/C(C#Cc1ccco1)=C/CCCCCCCC(=O)O. The molecule has 4 nitrogen and oxygen atoms in total. The van der Waals surface area contributed by atoms with Crippen molar-refractivity contribution in [3.63, 3.8) is 0 Å². The van der Waals surface area contributed by atoms with Gasteiger partial charge in [-0.3, -0.25) is 4.79 Å². The highest BCUT2D eigenvalue weighted by molar-refractivity contribution is 5.66. The fourth-order valence-corrected chi connectivity index (χ4v) is 1.74. The van der Waals surface area contributed by atoms with Crippen molar-refractivity contribution < 1.29 is 14.3 Å². The Morgan fingerprint density at radius 3 is 2.75 bits per heavy atom. The van der Waals surface area contributed by atoms with E-state index in [4.69, 9.17) is 15.3 Å². The summed E-state index contributed by atoms with van der Waals surface area (Å²) in [4.78, 5) is 10.3. The van der Waals surface area contributed by atoms with Gasteiger partial charge in [-0.15, -0.1) is 0 Å². The molecule has 0 aromatic carbocycles. The van der Waals surface area contributed by atoms with E-state index < -0.39 is 5.97 Å². The number of nitrogens with two attached hydrogens (primary N) is 1. The second-order valence-corrected chi connectivity index (χ2v) is 4.59. The first kappa shape index (κ1) is 15.9. The molecule has 3 N–H and O–H groups in total. The van der Waals surface area contributed by atoms with Crippen molar-refractivity contribution in [2.75, 3.05) is 0 Å². The van der Waals surface area contributed by atoms with Crippen LogP contribution in [-0.2, 0) is 4.79 Å². The van der Waals surface area contributed by atoms with Gasteiger partial charge in [0, 0.05) is 6.42 Å². The molecular formula is C16H21NO3. The van der Waals surface area contributed by atoms with Crippen LogP contribution in [0.15, 0.2) is 34.6 Å². The summed E-state index contributed by atoms with van der Waals surface area (Å²) >= 11 is 0. The highest BCUT2D eigenvalue weighted by Gasteiger charge is 1.96. The number of hydrogen-bond donors (Lipinski definition) is 2. The number of rotatable bonds is 8. The Labute approximate surface area is 119 Å². The minimum Gasteiger partial charge on any atom is -0.481 e. The predicted molar refractivity (Wildman–Crippen MR) is 77.8 cm³/mol. The highest BCUT2D eigenvalue weighted by Crippen LogP contribution is 2.08. The van der Waals surface area contributed by atoms with Crippen LogP contribution in [0, 0.1) is 11.8 Å². The van der Waals surface area contributed by atoms with E-state index >= 15 is 0 Å². The van der Waals surface area contributed by atoms with Gasteiger partial charge in [0.2, 0.25) is 0 Å². The van der Waals surface area contributed by atoms with Crippen LogP contribution < -0.4 is 5.73 Å². The third-order valence-electron chi connectivity index (χ3n) is 2.81. The molecule has 1 aromatic rings. The Balaban J connectivity index is 2.07. The quantitative estimate of drug-likeness (QED) is 0.564. The molecule has 0 saturated heterocycles. The summed E-state index contributed by atoms with van der Waals surface area (Å²) < 4.78 is 5.08. The smallest absolute Gasteiger partial charge is 0.303 e. The molecule has 0 unspecified atom stereocenters. The van der Waals surface area contributed by atoms with Crippen molar-refractivity contribution in [3.05, 3.63) is 35.9 Å². The molecule has 0 saturated carbocycles. The lowest BCUT2D eigenvalue weighted by Crippen LogP contribution is -1.94. The summed E-state index contributed by atoms with van der Waals surface area (Å²) in [5.41, 5.74) is 6.33. The number of carboxylic acid groups (broad SMARTS) is 1. The van der Waals surface area contributed by atoms with Gasteiger partial charge >= 0.3 is 5.97 Å². The van der Waals surface area contributed by atoms with Crippen molar-refractivity contribution >= 4 is 5.97 Å². The molecule has 0 amide bonds. The molecule has 20 heavy (non-hydrogen) atoms. The van der Waals surface area contributed by atoms with E-state index in [9.17, 15) is 4.79 Å². The van der Waals surface area contributed by atoms with Gasteiger partial charge in [0.15, 0.2) is 5.76 Å². The number of hydrogen-bond acceptors (Lipinski definition) is 3.